The highest BCUT2D eigenvalue weighted by Gasteiger charge is 2.25. The van der Waals surface area contributed by atoms with E-state index in [1.807, 2.05) is 10.3 Å². The Balaban J connectivity index is 1.86. The molecule has 0 spiro atoms. The first kappa shape index (κ1) is 14.0. The second kappa shape index (κ2) is 6.65. The summed E-state index contributed by atoms with van der Waals surface area (Å²) in [6, 6.07) is 2.11. The Kier molecular flexibility index (Phi) is 5.17. The summed E-state index contributed by atoms with van der Waals surface area (Å²) >= 11 is 5.10. The standard InChI is InChI=1S/C12H17BrN2O2S/c13-9-5-11(18-8-9)1-2-12(16)15-3-4-17-7-10(15)6-14/h5,8,10H,1-4,6-7,14H2. The van der Waals surface area contributed by atoms with Gasteiger partial charge in [-0.3, -0.25) is 4.79 Å². The number of rotatable bonds is 4. The van der Waals surface area contributed by atoms with Crippen molar-refractivity contribution in [3.63, 3.8) is 0 Å². The van der Waals surface area contributed by atoms with Crippen molar-refractivity contribution in [2.75, 3.05) is 26.3 Å². The highest BCUT2D eigenvalue weighted by molar-refractivity contribution is 9.10. The molecule has 0 bridgehead atoms. The van der Waals surface area contributed by atoms with Gasteiger partial charge < -0.3 is 15.4 Å². The molecule has 2 heterocycles. The van der Waals surface area contributed by atoms with Crippen molar-refractivity contribution in [1.82, 2.24) is 4.90 Å². The summed E-state index contributed by atoms with van der Waals surface area (Å²) in [7, 11) is 0. The first-order chi connectivity index (χ1) is 8.70. The zero-order valence-electron chi connectivity index (χ0n) is 10.1. The zero-order chi connectivity index (χ0) is 13.0. The van der Waals surface area contributed by atoms with Crippen LogP contribution in [0, 0.1) is 0 Å². The van der Waals surface area contributed by atoms with Crippen LogP contribution in [0.3, 0.4) is 0 Å². The largest absolute Gasteiger partial charge is 0.377 e. The van der Waals surface area contributed by atoms with Crippen molar-refractivity contribution in [3.8, 4) is 0 Å². The molecule has 4 nitrogen and oxygen atoms in total. The van der Waals surface area contributed by atoms with Gasteiger partial charge in [-0.15, -0.1) is 11.3 Å². The van der Waals surface area contributed by atoms with E-state index in [0.29, 0.717) is 32.7 Å². The van der Waals surface area contributed by atoms with Crippen molar-refractivity contribution >= 4 is 33.2 Å². The first-order valence-electron chi connectivity index (χ1n) is 6.01. The Hall–Kier alpha value is -0.430. The fourth-order valence-corrected chi connectivity index (χ4v) is 3.49. The van der Waals surface area contributed by atoms with Gasteiger partial charge in [0, 0.05) is 34.2 Å². The number of nitrogens with zero attached hydrogens (tertiary/aromatic N) is 1. The summed E-state index contributed by atoms with van der Waals surface area (Å²) in [5, 5.41) is 2.04. The number of ether oxygens (including phenoxy) is 1. The summed E-state index contributed by atoms with van der Waals surface area (Å²) in [6.07, 6.45) is 1.34. The van der Waals surface area contributed by atoms with Crippen molar-refractivity contribution in [3.05, 3.63) is 20.8 Å². The summed E-state index contributed by atoms with van der Waals surface area (Å²) in [6.45, 7) is 2.31. The normalized spacial score (nSPS) is 20.1. The molecule has 1 aliphatic heterocycles. The first-order valence-corrected chi connectivity index (χ1v) is 7.68. The Bertz CT molecular complexity index is 411. The van der Waals surface area contributed by atoms with Crippen LogP contribution >= 0.6 is 27.3 Å². The van der Waals surface area contributed by atoms with Crippen LogP contribution < -0.4 is 5.73 Å². The second-order valence-corrected chi connectivity index (χ2v) is 6.19. The molecule has 2 rings (SSSR count). The molecule has 1 atom stereocenters. The van der Waals surface area contributed by atoms with E-state index in [2.05, 4.69) is 22.0 Å². The predicted octanol–water partition coefficient (Wildman–Crippen LogP) is 1.63. The van der Waals surface area contributed by atoms with Gasteiger partial charge in [-0.1, -0.05) is 0 Å². The van der Waals surface area contributed by atoms with E-state index in [4.69, 9.17) is 10.5 Å². The third kappa shape index (κ3) is 3.54. The summed E-state index contributed by atoms with van der Waals surface area (Å²) in [4.78, 5) is 15.3. The molecule has 1 amide bonds. The zero-order valence-corrected chi connectivity index (χ0v) is 12.5. The highest BCUT2D eigenvalue weighted by Crippen LogP contribution is 2.21. The molecule has 18 heavy (non-hydrogen) atoms. The molecule has 1 aromatic rings. The number of morpholine rings is 1. The minimum Gasteiger partial charge on any atom is -0.377 e. The number of aryl methyl sites for hydroxylation is 1. The Labute approximate surface area is 119 Å². The SMILES string of the molecule is NCC1COCCN1C(=O)CCc1cc(Br)cs1. The summed E-state index contributed by atoms with van der Waals surface area (Å²) in [5.41, 5.74) is 5.66. The Morgan fingerprint density at radius 1 is 1.67 bits per heavy atom. The number of thiophene rings is 1. The monoisotopic (exact) mass is 332 g/mol. The molecule has 1 aromatic heterocycles. The lowest BCUT2D eigenvalue weighted by Crippen LogP contribution is -2.52. The quantitative estimate of drug-likeness (QED) is 0.911. The van der Waals surface area contributed by atoms with Crippen molar-refractivity contribution in [1.29, 1.82) is 0 Å². The molecule has 0 aliphatic carbocycles. The predicted molar refractivity (Wildman–Crippen MR) is 75.7 cm³/mol. The Morgan fingerprint density at radius 2 is 2.50 bits per heavy atom. The van der Waals surface area contributed by atoms with Gasteiger partial charge in [0.1, 0.15) is 0 Å². The van der Waals surface area contributed by atoms with Gasteiger partial charge in [0.2, 0.25) is 5.91 Å². The van der Waals surface area contributed by atoms with E-state index in [-0.39, 0.29) is 11.9 Å². The number of carbonyl (C=O) groups excluding carboxylic acids is 1. The third-order valence-electron chi connectivity index (χ3n) is 3.03. The fourth-order valence-electron chi connectivity index (χ4n) is 2.04. The van der Waals surface area contributed by atoms with Crippen LogP contribution in [0.25, 0.3) is 0 Å². The minimum absolute atomic E-state index is 0.0429. The molecule has 0 radical (unpaired) electrons. The van der Waals surface area contributed by atoms with Gasteiger partial charge in [0.25, 0.3) is 0 Å². The number of hydrogen-bond donors (Lipinski definition) is 1. The number of amides is 1. The van der Waals surface area contributed by atoms with Crippen LogP contribution in [-0.4, -0.2) is 43.2 Å². The van der Waals surface area contributed by atoms with Gasteiger partial charge in [0.05, 0.1) is 19.3 Å². The molecule has 6 heteroatoms. The highest BCUT2D eigenvalue weighted by atomic mass is 79.9. The van der Waals surface area contributed by atoms with Crippen molar-refractivity contribution < 1.29 is 9.53 Å². The molecule has 1 aliphatic rings. The van der Waals surface area contributed by atoms with E-state index in [1.54, 1.807) is 11.3 Å². The van der Waals surface area contributed by atoms with Crippen LogP contribution in [0.4, 0.5) is 0 Å². The third-order valence-corrected chi connectivity index (χ3v) is 4.78. The van der Waals surface area contributed by atoms with Gasteiger partial charge in [-0.25, -0.2) is 0 Å². The van der Waals surface area contributed by atoms with E-state index < -0.39 is 0 Å². The van der Waals surface area contributed by atoms with Gasteiger partial charge in [-0.2, -0.15) is 0 Å². The smallest absolute Gasteiger partial charge is 0.223 e. The maximum atomic E-state index is 12.2. The van der Waals surface area contributed by atoms with Crippen LogP contribution in [0.5, 0.6) is 0 Å². The minimum atomic E-state index is 0.0429. The van der Waals surface area contributed by atoms with Crippen LogP contribution in [-0.2, 0) is 16.0 Å². The summed E-state index contributed by atoms with van der Waals surface area (Å²) < 4.78 is 6.43. The molecule has 1 unspecified atom stereocenters. The topological polar surface area (TPSA) is 55.6 Å². The van der Waals surface area contributed by atoms with Crippen molar-refractivity contribution in [2.45, 2.75) is 18.9 Å². The number of carbonyl (C=O) groups is 1. The Morgan fingerprint density at radius 3 is 3.17 bits per heavy atom. The van der Waals surface area contributed by atoms with Gasteiger partial charge in [-0.05, 0) is 28.4 Å². The van der Waals surface area contributed by atoms with E-state index in [1.165, 1.54) is 4.88 Å². The molecular formula is C12H17BrN2O2S. The molecule has 0 aromatic carbocycles. The molecular weight excluding hydrogens is 316 g/mol. The van der Waals surface area contributed by atoms with E-state index in [0.717, 1.165) is 10.9 Å². The molecule has 1 saturated heterocycles. The molecule has 2 N–H and O–H groups in total. The van der Waals surface area contributed by atoms with E-state index in [9.17, 15) is 4.79 Å². The molecule has 1 fully saturated rings. The van der Waals surface area contributed by atoms with Crippen LogP contribution in [0.1, 0.15) is 11.3 Å². The van der Waals surface area contributed by atoms with Crippen LogP contribution in [0.15, 0.2) is 15.9 Å². The lowest BCUT2D eigenvalue weighted by molar-refractivity contribution is -0.139. The maximum absolute atomic E-state index is 12.2. The van der Waals surface area contributed by atoms with E-state index >= 15 is 0 Å². The number of hydrogen-bond acceptors (Lipinski definition) is 4. The average Bonchev–Trinajstić information content (AvgIpc) is 2.81. The molecule has 100 valence electrons. The maximum Gasteiger partial charge on any atom is 0.223 e. The number of nitrogens with two attached hydrogens (primary N) is 1. The van der Waals surface area contributed by atoms with Gasteiger partial charge in [0.15, 0.2) is 0 Å². The molecule has 0 saturated carbocycles. The van der Waals surface area contributed by atoms with Gasteiger partial charge >= 0.3 is 0 Å². The van der Waals surface area contributed by atoms with Crippen LogP contribution in [0.2, 0.25) is 0 Å². The summed E-state index contributed by atoms with van der Waals surface area (Å²) in [5.74, 6) is 0.179. The lowest BCUT2D eigenvalue weighted by Gasteiger charge is -2.35. The lowest BCUT2D eigenvalue weighted by atomic mass is 10.2. The number of halogens is 1. The van der Waals surface area contributed by atoms with Crippen molar-refractivity contribution in [2.24, 2.45) is 5.73 Å². The fraction of sp³-hybridized carbons (Fsp3) is 0.583. The average molecular weight is 333 g/mol. The second-order valence-electron chi connectivity index (χ2n) is 4.28.